The summed E-state index contributed by atoms with van der Waals surface area (Å²) >= 11 is 0. The minimum Gasteiger partial charge on any atom is -0.348 e. The Morgan fingerprint density at radius 2 is 2.31 bits per heavy atom. The number of piperidine rings is 1. The van der Waals surface area contributed by atoms with Crippen LogP contribution >= 0.6 is 0 Å². The second kappa shape index (κ2) is 4.65. The zero-order chi connectivity index (χ0) is 11.5. The zero-order valence-electron chi connectivity index (χ0n) is 9.76. The van der Waals surface area contributed by atoms with Crippen LogP contribution in [0.3, 0.4) is 0 Å². The minimum atomic E-state index is -0.0162. The molecule has 1 aliphatic heterocycles. The molecule has 1 aromatic heterocycles. The number of aromatic amines is 1. The number of rotatable bonds is 2. The Hall–Kier alpha value is -1.36. The normalized spacial score (nSPS) is 20.8. The van der Waals surface area contributed by atoms with Gasteiger partial charge in [0.1, 0.15) is 0 Å². The summed E-state index contributed by atoms with van der Waals surface area (Å²) in [5.74, 6) is -0.0162. The van der Waals surface area contributed by atoms with Gasteiger partial charge in [-0.3, -0.25) is 9.89 Å². The first-order valence-corrected chi connectivity index (χ1v) is 5.71. The largest absolute Gasteiger partial charge is 0.348 e. The van der Waals surface area contributed by atoms with Gasteiger partial charge in [0.15, 0.2) is 0 Å². The fraction of sp³-hybridized carbons (Fsp3) is 0.636. The SMILES string of the molecule is Cc1n[nH]c(C)c1C(=O)N[C@H]1CCCNC1. The molecule has 1 fully saturated rings. The number of aryl methyl sites for hydroxylation is 2. The zero-order valence-corrected chi connectivity index (χ0v) is 9.76. The Bertz CT molecular complexity index is 360. The fourth-order valence-corrected chi connectivity index (χ4v) is 2.12. The van der Waals surface area contributed by atoms with Crippen molar-refractivity contribution in [3.05, 3.63) is 17.0 Å². The van der Waals surface area contributed by atoms with E-state index in [-0.39, 0.29) is 11.9 Å². The van der Waals surface area contributed by atoms with Crippen LogP contribution in [0.15, 0.2) is 0 Å². The summed E-state index contributed by atoms with van der Waals surface area (Å²) in [6.07, 6.45) is 2.17. The quantitative estimate of drug-likeness (QED) is 0.683. The molecule has 0 saturated carbocycles. The van der Waals surface area contributed by atoms with E-state index in [4.69, 9.17) is 0 Å². The highest BCUT2D eigenvalue weighted by molar-refractivity contribution is 5.96. The molecule has 0 aliphatic carbocycles. The molecule has 0 radical (unpaired) electrons. The van der Waals surface area contributed by atoms with Gasteiger partial charge in [-0.2, -0.15) is 5.10 Å². The van der Waals surface area contributed by atoms with E-state index in [0.29, 0.717) is 5.56 Å². The maximum absolute atomic E-state index is 12.0. The molecule has 0 spiro atoms. The number of hydrogen-bond acceptors (Lipinski definition) is 3. The Kier molecular flexibility index (Phi) is 3.24. The standard InChI is InChI=1S/C11H18N4O/c1-7-10(8(2)15-14-7)11(16)13-9-4-3-5-12-6-9/h9,12H,3-6H2,1-2H3,(H,13,16)(H,14,15)/t9-/m0/s1. The first-order chi connectivity index (χ1) is 7.68. The maximum atomic E-state index is 12.0. The minimum absolute atomic E-state index is 0.0162. The molecule has 88 valence electrons. The van der Waals surface area contributed by atoms with Gasteiger partial charge in [0, 0.05) is 18.3 Å². The molecule has 16 heavy (non-hydrogen) atoms. The number of amides is 1. The molecule has 0 unspecified atom stereocenters. The van der Waals surface area contributed by atoms with Crippen LogP contribution in [-0.4, -0.2) is 35.2 Å². The summed E-state index contributed by atoms with van der Waals surface area (Å²) in [4.78, 5) is 12.0. The van der Waals surface area contributed by atoms with Gasteiger partial charge in [0.2, 0.25) is 0 Å². The summed E-state index contributed by atoms with van der Waals surface area (Å²) in [5.41, 5.74) is 2.28. The lowest BCUT2D eigenvalue weighted by molar-refractivity contribution is 0.0929. The summed E-state index contributed by atoms with van der Waals surface area (Å²) in [6.45, 7) is 5.63. The molecule has 1 saturated heterocycles. The van der Waals surface area contributed by atoms with Crippen LogP contribution in [0.5, 0.6) is 0 Å². The third kappa shape index (κ3) is 2.24. The first-order valence-electron chi connectivity index (χ1n) is 5.71. The Balaban J connectivity index is 2.02. The fourth-order valence-electron chi connectivity index (χ4n) is 2.12. The Morgan fingerprint density at radius 3 is 2.88 bits per heavy atom. The van der Waals surface area contributed by atoms with Crippen LogP contribution in [0.2, 0.25) is 0 Å². The summed E-state index contributed by atoms with van der Waals surface area (Å²) in [7, 11) is 0. The number of nitrogens with zero attached hydrogens (tertiary/aromatic N) is 1. The van der Waals surface area contributed by atoms with Crippen molar-refractivity contribution in [2.24, 2.45) is 0 Å². The smallest absolute Gasteiger partial charge is 0.255 e. The Labute approximate surface area is 95.0 Å². The summed E-state index contributed by atoms with van der Waals surface area (Å²) in [5, 5.41) is 13.2. The van der Waals surface area contributed by atoms with E-state index in [1.807, 2.05) is 13.8 Å². The van der Waals surface area contributed by atoms with Crippen LogP contribution in [0.25, 0.3) is 0 Å². The van der Waals surface area contributed by atoms with E-state index in [9.17, 15) is 4.79 Å². The van der Waals surface area contributed by atoms with Crippen molar-refractivity contribution in [2.75, 3.05) is 13.1 Å². The number of nitrogens with one attached hydrogen (secondary N) is 3. The van der Waals surface area contributed by atoms with Crippen molar-refractivity contribution in [1.82, 2.24) is 20.8 Å². The molecule has 3 N–H and O–H groups in total. The van der Waals surface area contributed by atoms with Crippen molar-refractivity contribution < 1.29 is 4.79 Å². The third-order valence-electron chi connectivity index (χ3n) is 2.99. The van der Waals surface area contributed by atoms with Crippen LogP contribution in [0.1, 0.15) is 34.6 Å². The number of aromatic nitrogens is 2. The molecule has 0 aromatic carbocycles. The second-order valence-corrected chi connectivity index (χ2v) is 4.33. The lowest BCUT2D eigenvalue weighted by Gasteiger charge is -2.23. The molecule has 0 bridgehead atoms. The van der Waals surface area contributed by atoms with Gasteiger partial charge < -0.3 is 10.6 Å². The van der Waals surface area contributed by atoms with Crippen LogP contribution < -0.4 is 10.6 Å². The maximum Gasteiger partial charge on any atom is 0.255 e. The van der Waals surface area contributed by atoms with Crippen molar-refractivity contribution in [2.45, 2.75) is 32.7 Å². The molecular formula is C11H18N4O. The van der Waals surface area contributed by atoms with Gasteiger partial charge in [-0.25, -0.2) is 0 Å². The highest BCUT2D eigenvalue weighted by Crippen LogP contribution is 2.10. The topological polar surface area (TPSA) is 69.8 Å². The number of carbonyl (C=O) groups is 1. The van der Waals surface area contributed by atoms with Crippen molar-refractivity contribution in [1.29, 1.82) is 0 Å². The van der Waals surface area contributed by atoms with Gasteiger partial charge in [0.25, 0.3) is 5.91 Å². The van der Waals surface area contributed by atoms with E-state index in [0.717, 1.165) is 37.3 Å². The average Bonchev–Trinajstić information content (AvgIpc) is 2.60. The van der Waals surface area contributed by atoms with Gasteiger partial charge in [-0.15, -0.1) is 0 Å². The van der Waals surface area contributed by atoms with Crippen molar-refractivity contribution in [3.63, 3.8) is 0 Å². The molecular weight excluding hydrogens is 204 g/mol. The van der Waals surface area contributed by atoms with E-state index < -0.39 is 0 Å². The lowest BCUT2D eigenvalue weighted by Crippen LogP contribution is -2.45. The number of carbonyl (C=O) groups excluding carboxylic acids is 1. The van der Waals surface area contributed by atoms with Gasteiger partial charge in [-0.1, -0.05) is 0 Å². The van der Waals surface area contributed by atoms with Gasteiger partial charge in [-0.05, 0) is 33.2 Å². The molecule has 1 amide bonds. The van der Waals surface area contributed by atoms with Crippen LogP contribution in [0.4, 0.5) is 0 Å². The van der Waals surface area contributed by atoms with E-state index in [1.54, 1.807) is 0 Å². The first kappa shape index (κ1) is 11.1. The molecule has 2 heterocycles. The molecule has 1 aliphatic rings. The van der Waals surface area contributed by atoms with Crippen LogP contribution in [0, 0.1) is 13.8 Å². The Morgan fingerprint density at radius 1 is 1.50 bits per heavy atom. The summed E-state index contributed by atoms with van der Waals surface area (Å²) < 4.78 is 0. The van der Waals surface area contributed by atoms with Gasteiger partial charge >= 0.3 is 0 Å². The van der Waals surface area contributed by atoms with Crippen molar-refractivity contribution in [3.8, 4) is 0 Å². The number of hydrogen-bond donors (Lipinski definition) is 3. The van der Waals surface area contributed by atoms with Crippen molar-refractivity contribution >= 4 is 5.91 Å². The molecule has 5 nitrogen and oxygen atoms in total. The lowest BCUT2D eigenvalue weighted by atomic mass is 10.1. The van der Waals surface area contributed by atoms with Gasteiger partial charge in [0.05, 0.1) is 11.3 Å². The molecule has 5 heteroatoms. The highest BCUT2D eigenvalue weighted by atomic mass is 16.1. The van der Waals surface area contributed by atoms with E-state index in [1.165, 1.54) is 0 Å². The molecule has 1 atom stereocenters. The second-order valence-electron chi connectivity index (χ2n) is 4.33. The highest BCUT2D eigenvalue weighted by Gasteiger charge is 2.20. The van der Waals surface area contributed by atoms with Crippen LogP contribution in [-0.2, 0) is 0 Å². The van der Waals surface area contributed by atoms with E-state index in [2.05, 4.69) is 20.8 Å². The predicted octanol–water partition coefficient (Wildman–Crippen LogP) is 0.508. The monoisotopic (exact) mass is 222 g/mol. The van der Waals surface area contributed by atoms with E-state index >= 15 is 0 Å². The molecule has 2 rings (SSSR count). The summed E-state index contributed by atoms with van der Waals surface area (Å²) in [6, 6.07) is 0.245. The predicted molar refractivity (Wildman–Crippen MR) is 61.4 cm³/mol. The third-order valence-corrected chi connectivity index (χ3v) is 2.99. The average molecular weight is 222 g/mol. The molecule has 1 aromatic rings. The number of H-pyrrole nitrogens is 1.